The van der Waals surface area contributed by atoms with Gasteiger partial charge in [0.05, 0.1) is 0 Å². The lowest BCUT2D eigenvalue weighted by Gasteiger charge is -2.02. The van der Waals surface area contributed by atoms with Crippen LogP contribution >= 0.6 is 11.6 Å². The second kappa shape index (κ2) is 3.68. The van der Waals surface area contributed by atoms with E-state index in [4.69, 9.17) is 11.6 Å². The van der Waals surface area contributed by atoms with Gasteiger partial charge in [-0.1, -0.05) is 6.58 Å². The summed E-state index contributed by atoms with van der Waals surface area (Å²) in [6.07, 6.45) is 0. The largest absolute Gasteiger partial charge is 0.207 e. The molecule has 3 heteroatoms. The predicted molar refractivity (Wildman–Crippen MR) is 46.1 cm³/mol. The minimum absolute atomic E-state index is 0.0976. The van der Waals surface area contributed by atoms with Crippen LogP contribution in [0.3, 0.4) is 0 Å². The molecule has 0 aliphatic heterocycles. The lowest BCUT2D eigenvalue weighted by molar-refractivity contribution is 0.597. The van der Waals surface area contributed by atoms with Crippen LogP contribution in [0.4, 0.5) is 8.78 Å². The van der Waals surface area contributed by atoms with Crippen molar-refractivity contribution in [1.29, 1.82) is 0 Å². The molecule has 0 aromatic heterocycles. The summed E-state index contributed by atoms with van der Waals surface area (Å²) in [5, 5.41) is 0. The summed E-state index contributed by atoms with van der Waals surface area (Å²) in [7, 11) is 0. The fourth-order valence-electron chi connectivity index (χ4n) is 0.840. The average Bonchev–Trinajstić information content (AvgIpc) is 2.08. The van der Waals surface area contributed by atoms with Gasteiger partial charge < -0.3 is 0 Å². The maximum atomic E-state index is 12.9. The van der Waals surface area contributed by atoms with Gasteiger partial charge in [0, 0.05) is 11.4 Å². The third-order valence-electron chi connectivity index (χ3n) is 1.47. The summed E-state index contributed by atoms with van der Waals surface area (Å²) in [6, 6.07) is 3.20. The molecule has 0 heterocycles. The summed E-state index contributed by atoms with van der Waals surface area (Å²) < 4.78 is 25.5. The van der Waals surface area contributed by atoms with Crippen molar-refractivity contribution >= 4 is 17.2 Å². The van der Waals surface area contributed by atoms with E-state index in [1.54, 1.807) is 0 Å². The van der Waals surface area contributed by atoms with Crippen molar-refractivity contribution in [1.82, 2.24) is 0 Å². The smallest absolute Gasteiger partial charge is 0.130 e. The summed E-state index contributed by atoms with van der Waals surface area (Å²) >= 11 is 5.42. The SMILES string of the molecule is C=C(CCl)c1cc(F)ccc1F. The van der Waals surface area contributed by atoms with E-state index < -0.39 is 11.6 Å². The van der Waals surface area contributed by atoms with Crippen LogP contribution in [0.1, 0.15) is 5.56 Å². The third-order valence-corrected chi connectivity index (χ3v) is 1.79. The molecule has 0 aliphatic rings. The van der Waals surface area contributed by atoms with Crippen LogP contribution in [0.15, 0.2) is 24.8 Å². The maximum Gasteiger partial charge on any atom is 0.130 e. The third kappa shape index (κ3) is 1.83. The molecule has 0 saturated heterocycles. The molecule has 1 rings (SSSR count). The lowest BCUT2D eigenvalue weighted by Crippen LogP contribution is -1.90. The van der Waals surface area contributed by atoms with Gasteiger partial charge in [0.15, 0.2) is 0 Å². The normalized spacial score (nSPS) is 9.92. The van der Waals surface area contributed by atoms with Gasteiger partial charge in [-0.2, -0.15) is 0 Å². The van der Waals surface area contributed by atoms with E-state index in [0.717, 1.165) is 18.2 Å². The lowest BCUT2D eigenvalue weighted by atomic mass is 10.1. The van der Waals surface area contributed by atoms with Gasteiger partial charge in [-0.3, -0.25) is 0 Å². The van der Waals surface area contributed by atoms with Gasteiger partial charge in [0.2, 0.25) is 0 Å². The van der Waals surface area contributed by atoms with E-state index in [-0.39, 0.29) is 11.4 Å². The fraction of sp³-hybridized carbons (Fsp3) is 0.111. The number of hydrogen-bond donors (Lipinski definition) is 0. The number of halogens is 3. The van der Waals surface area contributed by atoms with Gasteiger partial charge in [-0.25, -0.2) is 8.78 Å². The van der Waals surface area contributed by atoms with Crippen molar-refractivity contribution in [2.24, 2.45) is 0 Å². The summed E-state index contributed by atoms with van der Waals surface area (Å²) in [5.74, 6) is -0.889. The van der Waals surface area contributed by atoms with Crippen molar-refractivity contribution in [2.75, 3.05) is 5.88 Å². The molecule has 0 radical (unpaired) electrons. The van der Waals surface area contributed by atoms with Crippen LogP contribution < -0.4 is 0 Å². The number of allylic oxidation sites excluding steroid dienone is 1. The predicted octanol–water partition coefficient (Wildman–Crippen LogP) is 3.22. The van der Waals surface area contributed by atoms with E-state index in [9.17, 15) is 8.78 Å². The first-order chi connectivity index (χ1) is 5.65. The van der Waals surface area contributed by atoms with Crippen molar-refractivity contribution in [3.8, 4) is 0 Å². The van der Waals surface area contributed by atoms with Crippen LogP contribution in [0.2, 0.25) is 0 Å². The molecular weight excluding hydrogens is 182 g/mol. The molecule has 0 saturated carbocycles. The van der Waals surface area contributed by atoms with E-state index in [1.165, 1.54) is 0 Å². The van der Waals surface area contributed by atoms with Crippen molar-refractivity contribution < 1.29 is 8.78 Å². The molecule has 0 bridgehead atoms. The summed E-state index contributed by atoms with van der Waals surface area (Å²) in [6.45, 7) is 3.51. The molecule has 0 spiro atoms. The second-order valence-corrected chi connectivity index (χ2v) is 2.63. The summed E-state index contributed by atoms with van der Waals surface area (Å²) in [5.41, 5.74) is 0.527. The molecule has 0 atom stereocenters. The van der Waals surface area contributed by atoms with Crippen LogP contribution in [-0.2, 0) is 0 Å². The van der Waals surface area contributed by atoms with Gasteiger partial charge in [-0.05, 0) is 23.8 Å². The quantitative estimate of drug-likeness (QED) is 0.626. The van der Waals surface area contributed by atoms with Crippen molar-refractivity contribution in [3.05, 3.63) is 42.0 Å². The number of rotatable bonds is 2. The molecule has 0 unspecified atom stereocenters. The molecule has 0 N–H and O–H groups in total. The Bertz CT molecular complexity index is 307. The molecule has 1 aromatic rings. The Labute approximate surface area is 74.5 Å². The monoisotopic (exact) mass is 188 g/mol. The van der Waals surface area contributed by atoms with Crippen molar-refractivity contribution in [2.45, 2.75) is 0 Å². The van der Waals surface area contributed by atoms with Gasteiger partial charge in [-0.15, -0.1) is 11.6 Å². The number of benzene rings is 1. The van der Waals surface area contributed by atoms with E-state index in [2.05, 4.69) is 6.58 Å². The minimum atomic E-state index is -0.498. The Morgan fingerprint density at radius 1 is 1.42 bits per heavy atom. The number of hydrogen-bond acceptors (Lipinski definition) is 0. The first-order valence-corrected chi connectivity index (χ1v) is 3.87. The van der Waals surface area contributed by atoms with E-state index in [1.807, 2.05) is 0 Å². The highest BCUT2D eigenvalue weighted by Gasteiger charge is 2.05. The van der Waals surface area contributed by atoms with Crippen LogP contribution in [0, 0.1) is 11.6 Å². The zero-order chi connectivity index (χ0) is 9.14. The summed E-state index contributed by atoms with van der Waals surface area (Å²) in [4.78, 5) is 0. The number of alkyl halides is 1. The molecule has 64 valence electrons. The molecule has 0 amide bonds. The Morgan fingerprint density at radius 2 is 2.08 bits per heavy atom. The van der Waals surface area contributed by atoms with E-state index >= 15 is 0 Å². The van der Waals surface area contributed by atoms with Crippen molar-refractivity contribution in [3.63, 3.8) is 0 Å². The molecular formula is C9H7ClF2. The molecule has 12 heavy (non-hydrogen) atoms. The zero-order valence-electron chi connectivity index (χ0n) is 6.28. The first kappa shape index (κ1) is 9.20. The van der Waals surface area contributed by atoms with E-state index in [0.29, 0.717) is 5.57 Å². The Balaban J connectivity index is 3.13. The van der Waals surface area contributed by atoms with Crippen LogP contribution in [-0.4, -0.2) is 5.88 Å². The Hall–Kier alpha value is -0.890. The van der Waals surface area contributed by atoms with Crippen LogP contribution in [0.5, 0.6) is 0 Å². The average molecular weight is 189 g/mol. The second-order valence-electron chi connectivity index (χ2n) is 2.36. The molecule has 1 aromatic carbocycles. The highest BCUT2D eigenvalue weighted by Crippen LogP contribution is 2.18. The Kier molecular flexibility index (Phi) is 2.82. The van der Waals surface area contributed by atoms with Gasteiger partial charge in [0.25, 0.3) is 0 Å². The van der Waals surface area contributed by atoms with Gasteiger partial charge >= 0.3 is 0 Å². The molecule has 0 nitrogen and oxygen atoms in total. The zero-order valence-corrected chi connectivity index (χ0v) is 7.04. The van der Waals surface area contributed by atoms with Crippen LogP contribution in [0.25, 0.3) is 5.57 Å². The highest BCUT2D eigenvalue weighted by molar-refractivity contribution is 6.23. The Morgan fingerprint density at radius 3 is 2.67 bits per heavy atom. The molecule has 0 fully saturated rings. The first-order valence-electron chi connectivity index (χ1n) is 3.34. The van der Waals surface area contributed by atoms with Gasteiger partial charge in [0.1, 0.15) is 11.6 Å². The fourth-order valence-corrected chi connectivity index (χ4v) is 0.984. The standard InChI is InChI=1S/C9H7ClF2/c1-6(5-10)8-4-7(11)2-3-9(8)12/h2-4H,1,5H2. The highest BCUT2D eigenvalue weighted by atomic mass is 35.5. The molecule has 0 aliphatic carbocycles. The minimum Gasteiger partial charge on any atom is -0.207 e. The topological polar surface area (TPSA) is 0 Å². The maximum absolute atomic E-state index is 12.9.